The van der Waals surface area contributed by atoms with Crippen LogP contribution in [0.15, 0.2) is 36.5 Å². The molecule has 0 spiro atoms. The fourth-order valence-electron chi connectivity index (χ4n) is 2.24. The summed E-state index contributed by atoms with van der Waals surface area (Å²) in [7, 11) is 0. The second kappa shape index (κ2) is 5.21. The molecule has 3 rings (SSSR count). The van der Waals surface area contributed by atoms with Crippen molar-refractivity contribution in [1.29, 1.82) is 0 Å². The van der Waals surface area contributed by atoms with E-state index >= 15 is 0 Å². The van der Waals surface area contributed by atoms with Gasteiger partial charge in [-0.15, -0.1) is 11.6 Å². The van der Waals surface area contributed by atoms with E-state index < -0.39 is 0 Å². The summed E-state index contributed by atoms with van der Waals surface area (Å²) in [5.41, 5.74) is 3.50. The number of imidazole rings is 1. The van der Waals surface area contributed by atoms with Gasteiger partial charge >= 0.3 is 0 Å². The van der Waals surface area contributed by atoms with Crippen LogP contribution in [-0.2, 0) is 12.4 Å². The Morgan fingerprint density at radius 2 is 2.15 bits per heavy atom. The van der Waals surface area contributed by atoms with Crippen LogP contribution in [0.4, 0.5) is 4.39 Å². The fourth-order valence-corrected chi connectivity index (χ4v) is 2.45. The highest BCUT2D eigenvalue weighted by Gasteiger charge is 2.12. The Kier molecular flexibility index (Phi) is 3.40. The molecule has 0 aliphatic carbocycles. The lowest BCUT2D eigenvalue weighted by Crippen LogP contribution is -2.05. The summed E-state index contributed by atoms with van der Waals surface area (Å²) in [6.07, 6.45) is 1.80. The first-order chi connectivity index (χ1) is 9.67. The maximum Gasteiger partial charge on any atom is 0.160 e. The highest BCUT2D eigenvalue weighted by molar-refractivity contribution is 6.16. The lowest BCUT2D eigenvalue weighted by Gasteiger charge is -2.07. The molecule has 1 aromatic carbocycles. The Balaban J connectivity index is 2.10. The van der Waals surface area contributed by atoms with Gasteiger partial charge in [0.2, 0.25) is 0 Å². The van der Waals surface area contributed by atoms with Gasteiger partial charge < -0.3 is 4.57 Å². The Labute approximate surface area is 121 Å². The minimum Gasteiger partial charge on any atom is -0.307 e. The quantitative estimate of drug-likeness (QED) is 0.689. The molecule has 20 heavy (non-hydrogen) atoms. The van der Waals surface area contributed by atoms with Gasteiger partial charge in [0, 0.05) is 6.20 Å². The third kappa shape index (κ3) is 2.39. The predicted molar refractivity (Wildman–Crippen MR) is 77.3 cm³/mol. The molecule has 0 bridgehead atoms. The molecule has 0 atom stereocenters. The Bertz CT molecular complexity index is 767. The largest absolute Gasteiger partial charge is 0.307 e. The number of benzene rings is 1. The Morgan fingerprint density at radius 1 is 1.30 bits per heavy atom. The molecule has 0 aliphatic heterocycles. The molecule has 0 amide bonds. The van der Waals surface area contributed by atoms with Crippen molar-refractivity contribution in [2.45, 2.75) is 19.3 Å². The number of fused-ring (bicyclic) bond motifs is 1. The number of alkyl halides is 1. The zero-order valence-electron chi connectivity index (χ0n) is 11.0. The third-order valence-corrected chi connectivity index (χ3v) is 3.39. The van der Waals surface area contributed by atoms with Gasteiger partial charge in [0.1, 0.15) is 17.2 Å². The van der Waals surface area contributed by atoms with Gasteiger partial charge in [0.15, 0.2) is 5.65 Å². The minimum absolute atomic E-state index is 0.247. The molecule has 3 aromatic rings. The maximum atomic E-state index is 13.3. The summed E-state index contributed by atoms with van der Waals surface area (Å²) in [5.74, 6) is 0.789. The molecule has 0 aliphatic rings. The van der Waals surface area contributed by atoms with Gasteiger partial charge in [-0.05, 0) is 36.2 Å². The lowest BCUT2D eigenvalue weighted by molar-refractivity contribution is 0.623. The van der Waals surface area contributed by atoms with Crippen molar-refractivity contribution in [2.24, 2.45) is 0 Å². The molecule has 0 saturated carbocycles. The maximum absolute atomic E-state index is 13.3. The van der Waals surface area contributed by atoms with Crippen LogP contribution in [0.5, 0.6) is 0 Å². The van der Waals surface area contributed by atoms with E-state index in [-0.39, 0.29) is 5.82 Å². The van der Waals surface area contributed by atoms with Gasteiger partial charge in [-0.2, -0.15) is 0 Å². The third-order valence-electron chi connectivity index (χ3n) is 3.15. The predicted octanol–water partition coefficient (Wildman–Crippen LogP) is 3.67. The van der Waals surface area contributed by atoms with Crippen molar-refractivity contribution < 1.29 is 4.39 Å². The number of aryl methyl sites for hydroxylation is 1. The molecule has 0 saturated heterocycles. The SMILES string of the molecule is Cc1cnc2c(c1)nc(CCl)n2Cc1cccc(F)c1. The fraction of sp³-hybridized carbons (Fsp3) is 0.200. The first-order valence-electron chi connectivity index (χ1n) is 6.29. The number of pyridine rings is 1. The molecule has 0 unspecified atom stereocenters. The number of nitrogens with zero attached hydrogens (tertiary/aromatic N) is 3. The molecule has 2 heterocycles. The van der Waals surface area contributed by atoms with E-state index in [4.69, 9.17) is 11.6 Å². The van der Waals surface area contributed by atoms with Gasteiger partial charge in [-0.3, -0.25) is 0 Å². The topological polar surface area (TPSA) is 30.7 Å². The summed E-state index contributed by atoms with van der Waals surface area (Å²) in [6, 6.07) is 8.49. The molecule has 3 nitrogen and oxygen atoms in total. The van der Waals surface area contributed by atoms with E-state index in [0.29, 0.717) is 12.4 Å². The average molecular weight is 290 g/mol. The Morgan fingerprint density at radius 3 is 2.90 bits per heavy atom. The molecular weight excluding hydrogens is 277 g/mol. The highest BCUT2D eigenvalue weighted by Crippen LogP contribution is 2.18. The Hall–Kier alpha value is -1.94. The van der Waals surface area contributed by atoms with Crippen LogP contribution in [0.2, 0.25) is 0 Å². The molecule has 0 fully saturated rings. The second-order valence-corrected chi connectivity index (χ2v) is 5.00. The summed E-state index contributed by atoms with van der Waals surface area (Å²) in [5, 5.41) is 0. The summed E-state index contributed by atoms with van der Waals surface area (Å²) >= 11 is 5.96. The van der Waals surface area contributed by atoms with Crippen molar-refractivity contribution in [3.05, 3.63) is 59.3 Å². The molecule has 0 radical (unpaired) electrons. The lowest BCUT2D eigenvalue weighted by atomic mass is 10.2. The van der Waals surface area contributed by atoms with Crippen molar-refractivity contribution >= 4 is 22.8 Å². The molecule has 2 aromatic heterocycles. The van der Waals surface area contributed by atoms with Crippen LogP contribution in [0.1, 0.15) is 17.0 Å². The van der Waals surface area contributed by atoms with Crippen molar-refractivity contribution in [2.75, 3.05) is 0 Å². The van der Waals surface area contributed by atoms with E-state index in [1.54, 1.807) is 12.3 Å². The van der Waals surface area contributed by atoms with E-state index in [1.165, 1.54) is 12.1 Å². The summed E-state index contributed by atoms with van der Waals surface area (Å²) < 4.78 is 15.2. The van der Waals surface area contributed by atoms with Crippen LogP contribution in [-0.4, -0.2) is 14.5 Å². The summed E-state index contributed by atoms with van der Waals surface area (Å²) in [4.78, 5) is 8.90. The van der Waals surface area contributed by atoms with Gasteiger partial charge in [-0.25, -0.2) is 14.4 Å². The normalized spacial score (nSPS) is 11.2. The molecule has 5 heteroatoms. The van der Waals surface area contributed by atoms with Crippen LogP contribution < -0.4 is 0 Å². The van der Waals surface area contributed by atoms with Gasteiger partial charge in [0.25, 0.3) is 0 Å². The zero-order chi connectivity index (χ0) is 14.1. The minimum atomic E-state index is -0.247. The van der Waals surface area contributed by atoms with Crippen LogP contribution in [0.3, 0.4) is 0 Å². The number of halogens is 2. The number of aromatic nitrogens is 3. The van der Waals surface area contributed by atoms with Crippen LogP contribution in [0, 0.1) is 12.7 Å². The van der Waals surface area contributed by atoms with Crippen LogP contribution >= 0.6 is 11.6 Å². The standard InChI is InChI=1S/C15H13ClFN3/c1-10-5-13-15(18-8-10)20(14(7-16)19-13)9-11-3-2-4-12(17)6-11/h2-6,8H,7,9H2,1H3. The van der Waals surface area contributed by atoms with Crippen molar-refractivity contribution in [3.63, 3.8) is 0 Å². The van der Waals surface area contributed by atoms with Crippen LogP contribution in [0.25, 0.3) is 11.2 Å². The first kappa shape index (κ1) is 13.1. The van der Waals surface area contributed by atoms with E-state index in [0.717, 1.165) is 28.1 Å². The van der Waals surface area contributed by atoms with Gasteiger partial charge in [-0.1, -0.05) is 12.1 Å². The van der Waals surface area contributed by atoms with Crippen molar-refractivity contribution in [3.8, 4) is 0 Å². The highest BCUT2D eigenvalue weighted by atomic mass is 35.5. The smallest absolute Gasteiger partial charge is 0.160 e. The van der Waals surface area contributed by atoms with E-state index in [1.807, 2.05) is 23.6 Å². The summed E-state index contributed by atoms with van der Waals surface area (Å²) in [6.45, 7) is 2.48. The molecule has 102 valence electrons. The van der Waals surface area contributed by atoms with Crippen molar-refractivity contribution in [1.82, 2.24) is 14.5 Å². The van der Waals surface area contributed by atoms with E-state index in [9.17, 15) is 4.39 Å². The number of hydrogen-bond acceptors (Lipinski definition) is 2. The average Bonchev–Trinajstić information content (AvgIpc) is 2.76. The first-order valence-corrected chi connectivity index (χ1v) is 6.83. The number of hydrogen-bond donors (Lipinski definition) is 0. The number of rotatable bonds is 3. The van der Waals surface area contributed by atoms with E-state index in [2.05, 4.69) is 9.97 Å². The molecular formula is C15H13ClFN3. The monoisotopic (exact) mass is 289 g/mol. The second-order valence-electron chi connectivity index (χ2n) is 4.73. The zero-order valence-corrected chi connectivity index (χ0v) is 11.7. The molecule has 0 N–H and O–H groups in total. The van der Waals surface area contributed by atoms with Gasteiger partial charge in [0.05, 0.1) is 12.4 Å².